The van der Waals surface area contributed by atoms with Gasteiger partial charge in [0.05, 0.1) is 12.7 Å². The molecule has 1 aliphatic heterocycles. The molecule has 1 atom stereocenters. The topological polar surface area (TPSA) is 87.5 Å². The van der Waals surface area contributed by atoms with Crippen LogP contribution in [-0.2, 0) is 4.74 Å². The number of nitrogens with zero attached hydrogens (tertiary/aromatic N) is 4. The van der Waals surface area contributed by atoms with E-state index in [1.165, 1.54) is 10.7 Å². The second-order valence-corrected chi connectivity index (χ2v) is 4.67. The van der Waals surface area contributed by atoms with E-state index in [1.807, 2.05) is 0 Å². The molecule has 8 nitrogen and oxygen atoms in total. The van der Waals surface area contributed by atoms with Crippen molar-refractivity contribution < 1.29 is 4.74 Å². The molecule has 0 bridgehead atoms. The normalized spacial score (nSPS) is 20.8. The molecule has 8 heteroatoms. The van der Waals surface area contributed by atoms with Crippen LogP contribution in [0.5, 0.6) is 0 Å². The molecule has 0 aromatic carbocycles. The summed E-state index contributed by atoms with van der Waals surface area (Å²) >= 11 is 0. The molecule has 0 spiro atoms. The van der Waals surface area contributed by atoms with Crippen molar-refractivity contribution in [2.24, 2.45) is 0 Å². The molecule has 102 valence electrons. The van der Waals surface area contributed by atoms with Crippen molar-refractivity contribution in [3.8, 4) is 0 Å². The molecule has 3 heterocycles. The second kappa shape index (κ2) is 4.98. The van der Waals surface area contributed by atoms with Gasteiger partial charge in [0.2, 0.25) is 0 Å². The van der Waals surface area contributed by atoms with Crippen molar-refractivity contribution in [3.63, 3.8) is 0 Å². The molecule has 1 unspecified atom stereocenters. The fourth-order valence-corrected chi connectivity index (χ4v) is 2.12. The predicted octanol–water partition coefficient (Wildman–Crippen LogP) is -0.840. The Hall–Kier alpha value is -1.93. The first-order valence-electron chi connectivity index (χ1n) is 6.19. The zero-order valence-electron chi connectivity index (χ0n) is 10.7. The van der Waals surface area contributed by atoms with E-state index in [1.54, 1.807) is 6.07 Å². The Morgan fingerprint density at radius 2 is 2.53 bits per heavy atom. The smallest absolute Gasteiger partial charge is 0.348 e. The SMILES string of the molecule is CN1CCOC(CNc2cc3n[nH]c(=O)n3cn2)C1. The number of likely N-dealkylation sites (N-methyl/N-ethyl adjacent to an activating group) is 1. The van der Waals surface area contributed by atoms with Gasteiger partial charge in [-0.2, -0.15) is 5.10 Å². The van der Waals surface area contributed by atoms with Crippen LogP contribution in [0.4, 0.5) is 5.82 Å². The molecule has 1 aliphatic rings. The third-order valence-corrected chi connectivity index (χ3v) is 3.16. The van der Waals surface area contributed by atoms with Gasteiger partial charge in [-0.3, -0.25) is 0 Å². The van der Waals surface area contributed by atoms with E-state index < -0.39 is 0 Å². The van der Waals surface area contributed by atoms with Crippen molar-refractivity contribution in [2.45, 2.75) is 6.10 Å². The average Bonchev–Trinajstić information content (AvgIpc) is 2.78. The van der Waals surface area contributed by atoms with Gasteiger partial charge in [0.25, 0.3) is 0 Å². The Bertz CT molecular complexity index is 621. The summed E-state index contributed by atoms with van der Waals surface area (Å²) in [6.45, 7) is 3.31. The van der Waals surface area contributed by atoms with Crippen LogP contribution >= 0.6 is 0 Å². The minimum Gasteiger partial charge on any atom is -0.374 e. The maximum absolute atomic E-state index is 11.3. The zero-order valence-corrected chi connectivity index (χ0v) is 10.7. The highest BCUT2D eigenvalue weighted by Gasteiger charge is 2.17. The van der Waals surface area contributed by atoms with Gasteiger partial charge in [-0.1, -0.05) is 0 Å². The Morgan fingerprint density at radius 1 is 1.63 bits per heavy atom. The average molecular weight is 264 g/mol. The summed E-state index contributed by atoms with van der Waals surface area (Å²) in [6.07, 6.45) is 1.61. The van der Waals surface area contributed by atoms with E-state index >= 15 is 0 Å². The molecule has 3 rings (SSSR count). The van der Waals surface area contributed by atoms with Crippen molar-refractivity contribution in [3.05, 3.63) is 22.9 Å². The molecule has 0 amide bonds. The number of nitrogens with one attached hydrogen (secondary N) is 2. The molecule has 1 fully saturated rings. The number of aromatic nitrogens is 4. The highest BCUT2D eigenvalue weighted by Crippen LogP contribution is 2.07. The van der Waals surface area contributed by atoms with Gasteiger partial charge in [-0.15, -0.1) is 0 Å². The molecule has 19 heavy (non-hydrogen) atoms. The van der Waals surface area contributed by atoms with Crippen LogP contribution < -0.4 is 11.0 Å². The fourth-order valence-electron chi connectivity index (χ4n) is 2.12. The fraction of sp³-hybridized carbons (Fsp3) is 0.545. The Kier molecular flexibility index (Phi) is 3.18. The molecule has 0 saturated carbocycles. The van der Waals surface area contributed by atoms with Gasteiger partial charge >= 0.3 is 5.69 Å². The molecule has 1 saturated heterocycles. The highest BCUT2D eigenvalue weighted by molar-refractivity contribution is 5.48. The maximum atomic E-state index is 11.3. The summed E-state index contributed by atoms with van der Waals surface area (Å²) in [7, 11) is 2.08. The molecule has 2 aromatic rings. The zero-order chi connectivity index (χ0) is 13.2. The van der Waals surface area contributed by atoms with Crippen LogP contribution in [0, 0.1) is 0 Å². The Balaban J connectivity index is 1.66. The second-order valence-electron chi connectivity index (χ2n) is 4.67. The van der Waals surface area contributed by atoms with Crippen molar-refractivity contribution in [1.82, 2.24) is 24.5 Å². The van der Waals surface area contributed by atoms with Crippen LogP contribution in [0.15, 0.2) is 17.2 Å². The number of ether oxygens (including phenoxy) is 1. The molecule has 0 radical (unpaired) electrons. The number of aromatic amines is 1. The molecule has 0 aliphatic carbocycles. The van der Waals surface area contributed by atoms with E-state index in [2.05, 4.69) is 32.4 Å². The quantitative estimate of drug-likeness (QED) is 0.751. The maximum Gasteiger partial charge on any atom is 0.348 e. The lowest BCUT2D eigenvalue weighted by Crippen LogP contribution is -2.43. The first-order chi connectivity index (χ1) is 9.22. The Morgan fingerprint density at radius 3 is 3.37 bits per heavy atom. The van der Waals surface area contributed by atoms with Crippen molar-refractivity contribution >= 4 is 11.5 Å². The number of fused-ring (bicyclic) bond motifs is 1. The summed E-state index contributed by atoms with van der Waals surface area (Å²) in [5.41, 5.74) is 0.260. The van der Waals surface area contributed by atoms with Gasteiger partial charge in [0, 0.05) is 25.7 Å². The van der Waals surface area contributed by atoms with Gasteiger partial charge in [0.15, 0.2) is 5.65 Å². The lowest BCUT2D eigenvalue weighted by Gasteiger charge is -2.30. The summed E-state index contributed by atoms with van der Waals surface area (Å²) in [6, 6.07) is 1.73. The van der Waals surface area contributed by atoms with Gasteiger partial charge in [0.1, 0.15) is 12.1 Å². The molecule has 2 aromatic heterocycles. The molecule has 2 N–H and O–H groups in total. The molecular formula is C11H16N6O2. The van der Waals surface area contributed by atoms with Crippen LogP contribution in [0.3, 0.4) is 0 Å². The van der Waals surface area contributed by atoms with Crippen LogP contribution in [-0.4, -0.2) is 63.9 Å². The number of H-pyrrole nitrogens is 1. The van der Waals surface area contributed by atoms with Crippen LogP contribution in [0.1, 0.15) is 0 Å². The monoisotopic (exact) mass is 264 g/mol. The lowest BCUT2D eigenvalue weighted by molar-refractivity contribution is -0.0117. The lowest BCUT2D eigenvalue weighted by atomic mass is 10.3. The van der Waals surface area contributed by atoms with Gasteiger partial charge in [-0.05, 0) is 7.05 Å². The number of rotatable bonds is 3. The summed E-state index contributed by atoms with van der Waals surface area (Å²) < 4.78 is 7.01. The summed E-state index contributed by atoms with van der Waals surface area (Å²) in [5, 5.41) is 9.47. The third-order valence-electron chi connectivity index (χ3n) is 3.16. The summed E-state index contributed by atoms with van der Waals surface area (Å²) in [4.78, 5) is 17.7. The number of morpholine rings is 1. The number of anilines is 1. The number of hydrogen-bond donors (Lipinski definition) is 2. The third kappa shape index (κ3) is 2.59. The van der Waals surface area contributed by atoms with E-state index in [4.69, 9.17) is 4.74 Å². The number of hydrogen-bond acceptors (Lipinski definition) is 6. The predicted molar refractivity (Wildman–Crippen MR) is 69.3 cm³/mol. The van der Waals surface area contributed by atoms with Crippen molar-refractivity contribution in [2.75, 3.05) is 38.6 Å². The Labute approximate surface area is 109 Å². The first-order valence-corrected chi connectivity index (χ1v) is 6.19. The molecular weight excluding hydrogens is 248 g/mol. The van der Waals surface area contributed by atoms with Gasteiger partial charge in [-0.25, -0.2) is 19.3 Å². The largest absolute Gasteiger partial charge is 0.374 e. The van der Waals surface area contributed by atoms with E-state index in [0.717, 1.165) is 19.7 Å². The van der Waals surface area contributed by atoms with Crippen LogP contribution in [0.25, 0.3) is 5.65 Å². The van der Waals surface area contributed by atoms with E-state index in [9.17, 15) is 4.79 Å². The first kappa shape index (κ1) is 12.1. The van der Waals surface area contributed by atoms with Crippen molar-refractivity contribution in [1.29, 1.82) is 0 Å². The van der Waals surface area contributed by atoms with Crippen LogP contribution in [0.2, 0.25) is 0 Å². The minimum absolute atomic E-state index is 0.151. The van der Waals surface area contributed by atoms with E-state index in [0.29, 0.717) is 18.0 Å². The van der Waals surface area contributed by atoms with E-state index in [-0.39, 0.29) is 11.8 Å². The minimum atomic E-state index is -0.286. The highest BCUT2D eigenvalue weighted by atomic mass is 16.5. The summed E-state index contributed by atoms with van der Waals surface area (Å²) in [5.74, 6) is 0.684. The van der Waals surface area contributed by atoms with Gasteiger partial charge < -0.3 is 15.0 Å². The standard InChI is InChI=1S/C11H16N6O2/c1-16-2-3-19-8(6-16)5-12-9-4-10-14-15-11(18)17(10)7-13-9/h4,7-8,12H,2-3,5-6H2,1H3,(H,15,18).